The van der Waals surface area contributed by atoms with Crippen LogP contribution in [0.5, 0.6) is 5.75 Å². The molecule has 3 heterocycles. The van der Waals surface area contributed by atoms with Gasteiger partial charge in [-0.15, -0.1) is 0 Å². The number of carbonyl (C=O) groups excluding carboxylic acids is 1. The van der Waals surface area contributed by atoms with Crippen molar-refractivity contribution in [2.75, 3.05) is 19.7 Å². The molecule has 8 heteroatoms. The van der Waals surface area contributed by atoms with Gasteiger partial charge in [0.2, 0.25) is 0 Å². The summed E-state index contributed by atoms with van der Waals surface area (Å²) in [5.74, 6) is 0.277. The first kappa shape index (κ1) is 22.5. The van der Waals surface area contributed by atoms with E-state index in [2.05, 4.69) is 10.3 Å². The molecule has 1 amide bonds. The van der Waals surface area contributed by atoms with Crippen molar-refractivity contribution in [3.8, 4) is 5.75 Å². The highest BCUT2D eigenvalue weighted by Gasteiger charge is 2.43. The summed E-state index contributed by atoms with van der Waals surface area (Å²) >= 11 is 0. The average Bonchev–Trinajstić information content (AvgIpc) is 3.43. The molecule has 0 unspecified atom stereocenters. The second kappa shape index (κ2) is 9.54. The molecule has 7 nitrogen and oxygen atoms in total. The first-order valence-electron chi connectivity index (χ1n) is 11.7. The highest BCUT2D eigenvalue weighted by molar-refractivity contribution is 5.97. The van der Waals surface area contributed by atoms with Crippen LogP contribution >= 0.6 is 0 Å². The third-order valence-electron chi connectivity index (χ3n) is 6.98. The number of carbonyl (C=O) groups is 1. The van der Waals surface area contributed by atoms with Crippen molar-refractivity contribution in [2.24, 2.45) is 5.41 Å². The molecule has 0 bridgehead atoms. The Morgan fingerprint density at radius 2 is 2.00 bits per heavy atom. The Bertz CT molecular complexity index is 1160. The first-order chi connectivity index (χ1) is 16.5. The molecule has 0 aliphatic carbocycles. The summed E-state index contributed by atoms with van der Waals surface area (Å²) in [7, 11) is 0. The maximum absolute atomic E-state index is 13.5. The second-order valence-corrected chi connectivity index (χ2v) is 9.34. The van der Waals surface area contributed by atoms with E-state index >= 15 is 0 Å². The first-order valence-corrected chi connectivity index (χ1v) is 11.7. The van der Waals surface area contributed by atoms with Gasteiger partial charge in [0, 0.05) is 13.1 Å². The van der Waals surface area contributed by atoms with Crippen LogP contribution in [0, 0.1) is 18.2 Å². The smallest absolute Gasteiger partial charge is 0.257 e. The number of halogens is 1. The summed E-state index contributed by atoms with van der Waals surface area (Å²) in [4.78, 5) is 15.2. The number of hydrogen-bond donors (Lipinski definition) is 0. The van der Waals surface area contributed by atoms with Gasteiger partial charge in [-0.2, -0.15) is 0 Å². The molecule has 0 N–H and O–H groups in total. The SMILES string of the molecule is Cc1nonc1COc1ccccc1C(=O)N1CCC2(CC1)CO[C@H](Cc1cccc(F)c1)C2. The fourth-order valence-corrected chi connectivity index (χ4v) is 4.95. The monoisotopic (exact) mass is 465 g/mol. The van der Waals surface area contributed by atoms with Gasteiger partial charge in [0.25, 0.3) is 5.91 Å². The van der Waals surface area contributed by atoms with Crippen molar-refractivity contribution in [1.82, 2.24) is 15.2 Å². The zero-order chi connectivity index (χ0) is 23.5. The van der Waals surface area contributed by atoms with Crippen molar-refractivity contribution in [3.63, 3.8) is 0 Å². The van der Waals surface area contributed by atoms with E-state index in [4.69, 9.17) is 14.1 Å². The molecule has 0 radical (unpaired) electrons. The minimum Gasteiger partial charge on any atom is -0.486 e. The number of nitrogens with zero attached hydrogens (tertiary/aromatic N) is 3. The Morgan fingerprint density at radius 3 is 2.76 bits per heavy atom. The van der Waals surface area contributed by atoms with Crippen LogP contribution in [-0.4, -0.2) is 46.9 Å². The summed E-state index contributed by atoms with van der Waals surface area (Å²) in [6.07, 6.45) is 3.54. The Kier molecular flexibility index (Phi) is 6.32. The third kappa shape index (κ3) is 4.82. The minimum absolute atomic E-state index is 0.0318. The zero-order valence-electron chi connectivity index (χ0n) is 19.2. The highest BCUT2D eigenvalue weighted by Crippen LogP contribution is 2.43. The fraction of sp³-hybridized carbons (Fsp3) is 0.423. The summed E-state index contributed by atoms with van der Waals surface area (Å²) in [6.45, 7) is 4.03. The van der Waals surface area contributed by atoms with Gasteiger partial charge < -0.3 is 14.4 Å². The van der Waals surface area contributed by atoms with Crippen LogP contribution in [0.25, 0.3) is 0 Å². The minimum atomic E-state index is -0.214. The van der Waals surface area contributed by atoms with Gasteiger partial charge in [-0.1, -0.05) is 34.6 Å². The molecule has 1 aromatic heterocycles. The largest absolute Gasteiger partial charge is 0.486 e. The summed E-state index contributed by atoms with van der Waals surface area (Å²) in [5.41, 5.74) is 2.86. The summed E-state index contributed by atoms with van der Waals surface area (Å²) in [5, 5.41) is 7.59. The lowest BCUT2D eigenvalue weighted by Gasteiger charge is -2.38. The molecule has 5 rings (SSSR count). The van der Waals surface area contributed by atoms with Crippen molar-refractivity contribution in [2.45, 2.75) is 45.3 Å². The van der Waals surface area contributed by atoms with Gasteiger partial charge >= 0.3 is 0 Å². The quantitative estimate of drug-likeness (QED) is 0.539. The van der Waals surface area contributed by atoms with Gasteiger partial charge in [0.1, 0.15) is 29.6 Å². The zero-order valence-corrected chi connectivity index (χ0v) is 19.2. The number of hydrogen-bond acceptors (Lipinski definition) is 6. The van der Waals surface area contributed by atoms with E-state index in [0.717, 1.165) is 24.8 Å². The Morgan fingerprint density at radius 1 is 1.18 bits per heavy atom. The molecule has 3 aromatic rings. The molecular weight excluding hydrogens is 437 g/mol. The number of aryl methyl sites for hydroxylation is 1. The highest BCUT2D eigenvalue weighted by atomic mass is 19.1. The number of aromatic nitrogens is 2. The van der Waals surface area contributed by atoms with Gasteiger partial charge in [-0.25, -0.2) is 9.02 Å². The van der Waals surface area contributed by atoms with Crippen LogP contribution < -0.4 is 4.74 Å². The maximum Gasteiger partial charge on any atom is 0.257 e. The van der Waals surface area contributed by atoms with E-state index < -0.39 is 0 Å². The fourth-order valence-electron chi connectivity index (χ4n) is 4.95. The van der Waals surface area contributed by atoms with Crippen LogP contribution in [0.2, 0.25) is 0 Å². The standard InChI is InChI=1S/C26H28FN3O4/c1-18-23(29-34-28-18)16-32-24-8-3-2-7-22(24)25(31)30-11-9-26(10-12-30)15-21(33-17-26)14-19-5-4-6-20(27)13-19/h2-8,13,21H,9-12,14-17H2,1H3/t21-/m1/s1. The molecule has 2 aromatic carbocycles. The van der Waals surface area contributed by atoms with Gasteiger partial charge in [0.05, 0.1) is 18.3 Å². The van der Waals surface area contributed by atoms with Crippen molar-refractivity contribution in [3.05, 3.63) is 76.9 Å². The van der Waals surface area contributed by atoms with Crippen LogP contribution in [0.15, 0.2) is 53.2 Å². The lowest BCUT2D eigenvalue weighted by Crippen LogP contribution is -2.43. The third-order valence-corrected chi connectivity index (χ3v) is 6.98. The number of benzene rings is 2. The number of para-hydroxylation sites is 1. The summed E-state index contributed by atoms with van der Waals surface area (Å²) < 4.78 is 30.2. The molecule has 2 aliphatic rings. The Hall–Kier alpha value is -3.26. The van der Waals surface area contributed by atoms with Crippen LogP contribution in [0.4, 0.5) is 4.39 Å². The summed E-state index contributed by atoms with van der Waals surface area (Å²) in [6, 6.07) is 14.0. The van der Waals surface area contributed by atoms with Crippen molar-refractivity contribution in [1.29, 1.82) is 0 Å². The molecule has 0 saturated carbocycles. The number of piperidine rings is 1. The molecule has 34 heavy (non-hydrogen) atoms. The van der Waals surface area contributed by atoms with Crippen molar-refractivity contribution < 1.29 is 23.3 Å². The van der Waals surface area contributed by atoms with E-state index in [9.17, 15) is 9.18 Å². The number of likely N-dealkylation sites (tertiary alicyclic amines) is 1. The van der Waals surface area contributed by atoms with E-state index in [-0.39, 0.29) is 29.9 Å². The molecule has 1 spiro atoms. The lowest BCUT2D eigenvalue weighted by atomic mass is 9.76. The van der Waals surface area contributed by atoms with E-state index in [1.807, 2.05) is 23.1 Å². The van der Waals surface area contributed by atoms with Crippen LogP contribution in [-0.2, 0) is 17.8 Å². The van der Waals surface area contributed by atoms with Crippen molar-refractivity contribution >= 4 is 5.91 Å². The van der Waals surface area contributed by atoms with Gasteiger partial charge in [-0.3, -0.25) is 4.79 Å². The normalized spacial score (nSPS) is 19.5. The number of amides is 1. The average molecular weight is 466 g/mol. The molecule has 2 aliphatic heterocycles. The number of ether oxygens (including phenoxy) is 2. The van der Waals surface area contributed by atoms with E-state index in [1.54, 1.807) is 31.2 Å². The second-order valence-electron chi connectivity index (χ2n) is 9.34. The predicted octanol–water partition coefficient (Wildman–Crippen LogP) is 4.35. The predicted molar refractivity (Wildman–Crippen MR) is 122 cm³/mol. The van der Waals surface area contributed by atoms with E-state index in [0.29, 0.717) is 48.8 Å². The number of rotatable bonds is 6. The molecule has 1 atom stereocenters. The van der Waals surface area contributed by atoms with Gasteiger partial charge in [-0.05, 0) is 67.9 Å². The topological polar surface area (TPSA) is 77.7 Å². The van der Waals surface area contributed by atoms with Crippen LogP contribution in [0.1, 0.15) is 46.6 Å². The Labute approximate surface area is 197 Å². The lowest BCUT2D eigenvalue weighted by molar-refractivity contribution is 0.0493. The molecule has 178 valence electrons. The van der Waals surface area contributed by atoms with Gasteiger partial charge in [0.15, 0.2) is 0 Å². The van der Waals surface area contributed by atoms with E-state index in [1.165, 1.54) is 6.07 Å². The maximum atomic E-state index is 13.5. The Balaban J connectivity index is 1.18. The molecule has 2 saturated heterocycles. The molecular formula is C26H28FN3O4. The van der Waals surface area contributed by atoms with Crippen LogP contribution in [0.3, 0.4) is 0 Å². The molecule has 2 fully saturated rings.